The first-order valence-corrected chi connectivity index (χ1v) is 4.02. The molecular formula is C10H14. The third-order valence-corrected chi connectivity index (χ3v) is 1.91. The number of allylic oxidation sites excluding steroid dienone is 2. The van der Waals surface area contributed by atoms with Crippen LogP contribution < -0.4 is 0 Å². The average Bonchev–Trinajstić information content (AvgIpc) is 2.14. The van der Waals surface area contributed by atoms with Crippen LogP contribution in [0, 0.1) is 0 Å². The highest BCUT2D eigenvalue weighted by atomic mass is 14.0. The Labute approximate surface area is 62.9 Å². The van der Waals surface area contributed by atoms with Crippen molar-refractivity contribution in [1.29, 1.82) is 0 Å². The SMILES string of the molecule is CCC1=C=C=C(C)CCC1. The van der Waals surface area contributed by atoms with Gasteiger partial charge in [0.05, 0.1) is 0 Å². The molecule has 0 radical (unpaired) electrons. The van der Waals surface area contributed by atoms with Crippen molar-refractivity contribution in [2.75, 3.05) is 0 Å². The highest BCUT2D eigenvalue weighted by Gasteiger charge is 1.97. The van der Waals surface area contributed by atoms with Crippen LogP contribution in [-0.2, 0) is 0 Å². The van der Waals surface area contributed by atoms with Gasteiger partial charge in [0.1, 0.15) is 0 Å². The van der Waals surface area contributed by atoms with Gasteiger partial charge in [-0.3, -0.25) is 0 Å². The van der Waals surface area contributed by atoms with E-state index in [1.165, 1.54) is 30.4 Å². The zero-order chi connectivity index (χ0) is 7.40. The standard InChI is InChI=1S/C10H14/c1-3-10-6-4-5-9(2)7-8-10/h3-6H2,1-2H3. The lowest BCUT2D eigenvalue weighted by molar-refractivity contribution is 0.790. The van der Waals surface area contributed by atoms with E-state index in [0.717, 1.165) is 6.42 Å². The van der Waals surface area contributed by atoms with E-state index < -0.39 is 0 Å². The van der Waals surface area contributed by atoms with E-state index in [4.69, 9.17) is 0 Å². The summed E-state index contributed by atoms with van der Waals surface area (Å²) in [6, 6.07) is 0. The summed E-state index contributed by atoms with van der Waals surface area (Å²) in [6.45, 7) is 4.32. The smallest absolute Gasteiger partial charge is 0.0202 e. The monoisotopic (exact) mass is 134 g/mol. The molecule has 0 aromatic rings. The molecule has 0 bridgehead atoms. The molecule has 0 N–H and O–H groups in total. The van der Waals surface area contributed by atoms with Crippen molar-refractivity contribution in [1.82, 2.24) is 0 Å². The first-order chi connectivity index (χ1) is 4.83. The molecule has 0 unspecified atom stereocenters. The Hall–Kier alpha value is -0.700. The maximum atomic E-state index is 3.21. The lowest BCUT2D eigenvalue weighted by atomic mass is 10.1. The Balaban J connectivity index is 2.91. The first-order valence-electron chi connectivity index (χ1n) is 4.02. The van der Waals surface area contributed by atoms with E-state index in [1.54, 1.807) is 0 Å². The van der Waals surface area contributed by atoms with E-state index in [1.807, 2.05) is 0 Å². The van der Waals surface area contributed by atoms with Gasteiger partial charge in [-0.25, -0.2) is 0 Å². The van der Waals surface area contributed by atoms with E-state index >= 15 is 0 Å². The summed E-state index contributed by atoms with van der Waals surface area (Å²) < 4.78 is 0. The number of hydrogen-bond donors (Lipinski definition) is 0. The minimum atomic E-state index is 1.14. The fourth-order valence-corrected chi connectivity index (χ4v) is 1.15. The highest BCUT2D eigenvalue weighted by Crippen LogP contribution is 2.15. The van der Waals surface area contributed by atoms with Crippen LogP contribution in [0.2, 0.25) is 0 Å². The fourth-order valence-electron chi connectivity index (χ4n) is 1.15. The molecule has 0 heteroatoms. The van der Waals surface area contributed by atoms with Crippen molar-refractivity contribution < 1.29 is 0 Å². The third kappa shape index (κ3) is 1.92. The molecule has 0 aromatic heterocycles. The lowest BCUT2D eigenvalue weighted by Crippen LogP contribution is -1.79. The maximum absolute atomic E-state index is 3.21. The molecule has 1 aliphatic rings. The van der Waals surface area contributed by atoms with E-state index in [0.29, 0.717) is 0 Å². The largest absolute Gasteiger partial charge is 0.0715 e. The third-order valence-electron chi connectivity index (χ3n) is 1.91. The molecule has 0 saturated heterocycles. The van der Waals surface area contributed by atoms with Crippen molar-refractivity contribution in [2.24, 2.45) is 0 Å². The second-order valence-corrected chi connectivity index (χ2v) is 2.84. The Bertz CT molecular complexity index is 208. The van der Waals surface area contributed by atoms with Gasteiger partial charge in [0, 0.05) is 0 Å². The Kier molecular flexibility index (Phi) is 2.57. The molecule has 1 rings (SSSR count). The van der Waals surface area contributed by atoms with Crippen LogP contribution in [0.3, 0.4) is 0 Å². The fraction of sp³-hybridized carbons (Fsp3) is 0.600. The van der Waals surface area contributed by atoms with E-state index in [9.17, 15) is 0 Å². The zero-order valence-corrected chi connectivity index (χ0v) is 6.83. The van der Waals surface area contributed by atoms with Gasteiger partial charge in [0.25, 0.3) is 0 Å². The maximum Gasteiger partial charge on any atom is -0.0202 e. The molecular weight excluding hydrogens is 120 g/mol. The van der Waals surface area contributed by atoms with Crippen LogP contribution in [-0.4, -0.2) is 0 Å². The van der Waals surface area contributed by atoms with Crippen molar-refractivity contribution in [2.45, 2.75) is 39.5 Å². The summed E-state index contributed by atoms with van der Waals surface area (Å²) in [5.41, 5.74) is 9.16. The summed E-state index contributed by atoms with van der Waals surface area (Å²) in [7, 11) is 0. The molecule has 0 saturated carbocycles. The second kappa shape index (κ2) is 3.46. The van der Waals surface area contributed by atoms with Gasteiger partial charge in [-0.15, -0.1) is 0 Å². The van der Waals surface area contributed by atoms with Gasteiger partial charge in [-0.2, -0.15) is 0 Å². The Morgan fingerprint density at radius 2 is 2.10 bits per heavy atom. The van der Waals surface area contributed by atoms with Crippen LogP contribution in [0.25, 0.3) is 0 Å². The zero-order valence-electron chi connectivity index (χ0n) is 6.83. The lowest BCUT2D eigenvalue weighted by Gasteiger charge is -1.96. The molecule has 0 amide bonds. The summed E-state index contributed by atoms with van der Waals surface area (Å²) >= 11 is 0. The van der Waals surface area contributed by atoms with Crippen molar-refractivity contribution in [3.05, 3.63) is 22.6 Å². The molecule has 0 aromatic carbocycles. The van der Waals surface area contributed by atoms with Crippen LogP contribution in [0.5, 0.6) is 0 Å². The van der Waals surface area contributed by atoms with E-state index in [2.05, 4.69) is 25.3 Å². The first kappa shape index (κ1) is 7.41. The molecule has 0 spiro atoms. The highest BCUT2D eigenvalue weighted by molar-refractivity contribution is 5.08. The minimum Gasteiger partial charge on any atom is -0.0715 e. The van der Waals surface area contributed by atoms with E-state index in [-0.39, 0.29) is 0 Å². The van der Waals surface area contributed by atoms with Gasteiger partial charge >= 0.3 is 0 Å². The van der Waals surface area contributed by atoms with Crippen molar-refractivity contribution in [3.8, 4) is 0 Å². The van der Waals surface area contributed by atoms with Crippen LogP contribution in [0.15, 0.2) is 22.6 Å². The Morgan fingerprint density at radius 3 is 2.80 bits per heavy atom. The summed E-state index contributed by atoms with van der Waals surface area (Å²) in [4.78, 5) is 0. The molecule has 1 aliphatic carbocycles. The average molecular weight is 134 g/mol. The van der Waals surface area contributed by atoms with Gasteiger partial charge in [0.15, 0.2) is 0 Å². The van der Waals surface area contributed by atoms with Gasteiger partial charge in [-0.05, 0) is 43.8 Å². The summed E-state index contributed by atoms with van der Waals surface area (Å²) in [5, 5.41) is 0. The molecule has 0 nitrogen and oxygen atoms in total. The quantitative estimate of drug-likeness (QED) is 0.483. The molecule has 10 heavy (non-hydrogen) atoms. The van der Waals surface area contributed by atoms with Gasteiger partial charge < -0.3 is 0 Å². The minimum absolute atomic E-state index is 1.14. The predicted octanol–water partition coefficient (Wildman–Crippen LogP) is 3.21. The van der Waals surface area contributed by atoms with Crippen LogP contribution >= 0.6 is 0 Å². The van der Waals surface area contributed by atoms with Crippen molar-refractivity contribution in [3.63, 3.8) is 0 Å². The van der Waals surface area contributed by atoms with Crippen LogP contribution in [0.1, 0.15) is 39.5 Å². The molecule has 0 atom stereocenters. The molecule has 0 heterocycles. The number of rotatable bonds is 1. The summed E-state index contributed by atoms with van der Waals surface area (Å²) in [6.07, 6.45) is 4.85. The predicted molar refractivity (Wildman–Crippen MR) is 43.9 cm³/mol. The molecule has 0 fully saturated rings. The number of hydrogen-bond acceptors (Lipinski definition) is 0. The second-order valence-electron chi connectivity index (χ2n) is 2.84. The molecule has 0 aliphatic heterocycles. The summed E-state index contributed by atoms with van der Waals surface area (Å²) in [5.74, 6) is 0. The van der Waals surface area contributed by atoms with Crippen molar-refractivity contribution >= 4 is 0 Å². The van der Waals surface area contributed by atoms with Crippen LogP contribution in [0.4, 0.5) is 0 Å². The topological polar surface area (TPSA) is 0 Å². The Morgan fingerprint density at radius 1 is 1.30 bits per heavy atom. The molecule has 54 valence electrons. The van der Waals surface area contributed by atoms with Gasteiger partial charge in [-0.1, -0.05) is 18.4 Å². The normalized spacial score (nSPS) is 17.8. The van der Waals surface area contributed by atoms with Gasteiger partial charge in [0.2, 0.25) is 0 Å².